The second-order valence-electron chi connectivity index (χ2n) is 9.44. The zero-order valence-electron chi connectivity index (χ0n) is 21.3. The molecule has 0 saturated carbocycles. The third-order valence-electron chi connectivity index (χ3n) is 6.95. The van der Waals surface area contributed by atoms with E-state index in [1.807, 2.05) is 6.07 Å². The molecule has 36 heavy (non-hydrogen) atoms. The van der Waals surface area contributed by atoms with Gasteiger partial charge in [-0.3, -0.25) is 0 Å². The standard InChI is InChI=1S/C32H35N2O.BrH/c1-3-4-5-12-20-33-21-19-30-29-18-17-28(35-24-27-15-10-7-11-16-27)22-31(29)34(32(30)25(33)2)23-26-13-8-6-9-14-26;/h6-11,13-19,21-22H,3-5,12,20,23-24H2,1-2H3;1H/q+1;/p-1. The van der Waals surface area contributed by atoms with E-state index in [2.05, 4.69) is 108 Å². The number of aromatic nitrogens is 2. The van der Waals surface area contributed by atoms with Crippen LogP contribution in [0.15, 0.2) is 91.1 Å². The second-order valence-corrected chi connectivity index (χ2v) is 9.44. The minimum absolute atomic E-state index is 0. The fourth-order valence-electron chi connectivity index (χ4n) is 5.04. The first-order valence-electron chi connectivity index (χ1n) is 12.9. The molecule has 0 saturated heterocycles. The molecule has 4 heteroatoms. The van der Waals surface area contributed by atoms with E-state index in [4.69, 9.17) is 4.74 Å². The SMILES string of the molecule is CCCCCC[n+]1ccc2c3ccc(OCc4ccccc4)cc3n(Cc3ccccc3)c2c1C.[Br-]. The summed E-state index contributed by atoms with van der Waals surface area (Å²) < 4.78 is 11.1. The van der Waals surface area contributed by atoms with Gasteiger partial charge in [0.25, 0.3) is 0 Å². The van der Waals surface area contributed by atoms with Crippen LogP contribution >= 0.6 is 0 Å². The summed E-state index contributed by atoms with van der Waals surface area (Å²) in [5, 5.41) is 2.59. The number of pyridine rings is 1. The topological polar surface area (TPSA) is 18.0 Å². The number of rotatable bonds is 10. The van der Waals surface area contributed by atoms with Gasteiger partial charge in [0.2, 0.25) is 5.69 Å². The molecule has 0 N–H and O–H groups in total. The van der Waals surface area contributed by atoms with Crippen molar-refractivity contribution in [1.29, 1.82) is 0 Å². The van der Waals surface area contributed by atoms with E-state index in [0.717, 1.165) is 18.8 Å². The Bertz CT molecular complexity index is 1410. The van der Waals surface area contributed by atoms with Crippen LogP contribution in [0.2, 0.25) is 0 Å². The van der Waals surface area contributed by atoms with Gasteiger partial charge in [-0.25, -0.2) is 4.57 Å². The summed E-state index contributed by atoms with van der Waals surface area (Å²) >= 11 is 0. The van der Waals surface area contributed by atoms with Crippen LogP contribution in [0.1, 0.15) is 49.4 Å². The number of fused-ring (bicyclic) bond motifs is 3. The molecule has 5 rings (SSSR count). The van der Waals surface area contributed by atoms with E-state index < -0.39 is 0 Å². The highest BCUT2D eigenvalue weighted by Gasteiger charge is 2.20. The summed E-state index contributed by atoms with van der Waals surface area (Å²) in [5.74, 6) is 0.906. The van der Waals surface area contributed by atoms with Crippen LogP contribution in [-0.2, 0) is 19.7 Å². The lowest BCUT2D eigenvalue weighted by Gasteiger charge is -2.11. The number of aryl methyl sites for hydroxylation is 2. The normalized spacial score (nSPS) is 11.1. The molecule has 0 fully saturated rings. The zero-order chi connectivity index (χ0) is 24.0. The van der Waals surface area contributed by atoms with Crippen LogP contribution in [0, 0.1) is 6.92 Å². The molecule has 186 valence electrons. The highest BCUT2D eigenvalue weighted by molar-refractivity contribution is 6.08. The third kappa shape index (κ3) is 5.65. The molecule has 0 atom stereocenters. The molecular formula is C32H35BrN2O. The van der Waals surface area contributed by atoms with Gasteiger partial charge in [-0.2, -0.15) is 0 Å². The van der Waals surface area contributed by atoms with Gasteiger partial charge in [0.1, 0.15) is 24.4 Å². The van der Waals surface area contributed by atoms with Crippen LogP contribution in [-0.4, -0.2) is 4.57 Å². The number of unbranched alkanes of at least 4 members (excludes halogenated alkanes) is 3. The first-order chi connectivity index (χ1) is 17.2. The van der Waals surface area contributed by atoms with Crippen LogP contribution < -0.4 is 26.3 Å². The van der Waals surface area contributed by atoms with Gasteiger partial charge in [0, 0.05) is 42.8 Å². The second kappa shape index (κ2) is 12.2. The summed E-state index contributed by atoms with van der Waals surface area (Å²) in [6, 6.07) is 30.0. The molecule has 3 nitrogen and oxygen atoms in total. The monoisotopic (exact) mass is 542 g/mol. The Morgan fingerprint density at radius 2 is 1.50 bits per heavy atom. The van der Waals surface area contributed by atoms with Crippen LogP contribution in [0.4, 0.5) is 0 Å². The summed E-state index contributed by atoms with van der Waals surface area (Å²) in [6.07, 6.45) is 7.36. The summed E-state index contributed by atoms with van der Waals surface area (Å²) in [6.45, 7) is 7.02. The Morgan fingerprint density at radius 1 is 0.778 bits per heavy atom. The Kier molecular flexibility index (Phi) is 8.82. The molecule has 2 aromatic heterocycles. The summed E-state index contributed by atoms with van der Waals surface area (Å²) in [5.41, 5.74) is 6.36. The van der Waals surface area contributed by atoms with E-state index in [0.29, 0.717) is 6.61 Å². The fraction of sp³-hybridized carbons (Fsp3) is 0.281. The predicted molar refractivity (Wildman–Crippen MR) is 145 cm³/mol. The number of hydrogen-bond donors (Lipinski definition) is 0. The molecule has 0 bridgehead atoms. The Hall–Kier alpha value is -3.11. The van der Waals surface area contributed by atoms with Gasteiger partial charge < -0.3 is 26.3 Å². The number of halogens is 1. The molecule has 3 aromatic carbocycles. The smallest absolute Gasteiger partial charge is 0.202 e. The van der Waals surface area contributed by atoms with E-state index >= 15 is 0 Å². The lowest BCUT2D eigenvalue weighted by atomic mass is 10.1. The van der Waals surface area contributed by atoms with Gasteiger partial charge >= 0.3 is 0 Å². The zero-order valence-corrected chi connectivity index (χ0v) is 22.9. The first kappa shape index (κ1) is 26.0. The number of nitrogens with zero attached hydrogens (tertiary/aromatic N) is 2. The van der Waals surface area contributed by atoms with Gasteiger partial charge in [0.15, 0.2) is 6.20 Å². The lowest BCUT2D eigenvalue weighted by molar-refractivity contribution is -0.702. The quantitative estimate of drug-likeness (QED) is 0.186. The van der Waals surface area contributed by atoms with E-state index in [1.165, 1.54) is 64.3 Å². The van der Waals surface area contributed by atoms with Crippen molar-refractivity contribution in [1.82, 2.24) is 4.57 Å². The molecule has 0 spiro atoms. The highest BCUT2D eigenvalue weighted by Crippen LogP contribution is 2.33. The van der Waals surface area contributed by atoms with Crippen molar-refractivity contribution in [2.45, 2.75) is 59.2 Å². The molecule has 0 aliphatic rings. The highest BCUT2D eigenvalue weighted by atomic mass is 79.9. The molecule has 0 unspecified atom stereocenters. The predicted octanol–water partition coefficient (Wildman–Crippen LogP) is 4.60. The van der Waals surface area contributed by atoms with Crippen LogP contribution in [0.25, 0.3) is 21.8 Å². The maximum Gasteiger partial charge on any atom is 0.202 e. The van der Waals surface area contributed by atoms with Gasteiger partial charge in [0.05, 0.1) is 5.52 Å². The largest absolute Gasteiger partial charge is 1.00 e. The van der Waals surface area contributed by atoms with E-state index in [-0.39, 0.29) is 17.0 Å². The van der Waals surface area contributed by atoms with E-state index in [1.54, 1.807) is 0 Å². The van der Waals surface area contributed by atoms with Gasteiger partial charge in [-0.05, 0) is 29.7 Å². The van der Waals surface area contributed by atoms with Crippen molar-refractivity contribution in [3.05, 3.63) is 108 Å². The number of ether oxygens (including phenoxy) is 1. The Balaban J connectivity index is 0.00000304. The lowest BCUT2D eigenvalue weighted by Crippen LogP contribution is -3.00. The maximum absolute atomic E-state index is 6.21. The fourth-order valence-corrected chi connectivity index (χ4v) is 5.04. The van der Waals surface area contributed by atoms with Crippen LogP contribution in [0.3, 0.4) is 0 Å². The van der Waals surface area contributed by atoms with Crippen molar-refractivity contribution in [3.8, 4) is 5.75 Å². The Labute approximate surface area is 225 Å². The number of hydrogen-bond acceptors (Lipinski definition) is 1. The molecular weight excluding hydrogens is 508 g/mol. The first-order valence-corrected chi connectivity index (χ1v) is 12.9. The van der Waals surface area contributed by atoms with Crippen molar-refractivity contribution in [2.24, 2.45) is 0 Å². The van der Waals surface area contributed by atoms with Crippen molar-refractivity contribution >= 4 is 21.8 Å². The number of benzene rings is 3. The van der Waals surface area contributed by atoms with Gasteiger partial charge in [-0.15, -0.1) is 0 Å². The average molecular weight is 544 g/mol. The Morgan fingerprint density at radius 3 is 2.22 bits per heavy atom. The van der Waals surface area contributed by atoms with E-state index in [9.17, 15) is 0 Å². The minimum Gasteiger partial charge on any atom is -1.00 e. The third-order valence-corrected chi connectivity index (χ3v) is 6.95. The van der Waals surface area contributed by atoms with Gasteiger partial charge in [-0.1, -0.05) is 80.4 Å². The van der Waals surface area contributed by atoms with Crippen molar-refractivity contribution in [2.75, 3.05) is 0 Å². The maximum atomic E-state index is 6.21. The molecule has 0 amide bonds. The van der Waals surface area contributed by atoms with Crippen LogP contribution in [0.5, 0.6) is 5.75 Å². The molecule has 0 aliphatic heterocycles. The minimum atomic E-state index is 0. The average Bonchev–Trinajstić information content (AvgIpc) is 3.21. The molecule has 2 heterocycles. The van der Waals surface area contributed by atoms with Crippen molar-refractivity contribution < 1.29 is 26.3 Å². The summed E-state index contributed by atoms with van der Waals surface area (Å²) in [7, 11) is 0. The van der Waals surface area contributed by atoms with Crippen molar-refractivity contribution in [3.63, 3.8) is 0 Å². The summed E-state index contributed by atoms with van der Waals surface area (Å²) in [4.78, 5) is 0. The molecule has 0 radical (unpaired) electrons. The molecule has 5 aromatic rings. The molecule has 0 aliphatic carbocycles.